The van der Waals surface area contributed by atoms with Crippen molar-refractivity contribution in [3.8, 4) is 5.75 Å². The predicted octanol–water partition coefficient (Wildman–Crippen LogP) is 7.62. The number of ether oxygens (including phenoxy) is 1. The van der Waals surface area contributed by atoms with E-state index in [1.807, 2.05) is 47.4 Å². The molecule has 0 bridgehead atoms. The molecule has 208 valence electrons. The van der Waals surface area contributed by atoms with Crippen molar-refractivity contribution in [3.05, 3.63) is 101 Å². The number of unbranched alkanes of at least 4 members (excludes halogenated alkanes) is 2. The number of aryl methyl sites for hydroxylation is 1. The highest BCUT2D eigenvalue weighted by Gasteiger charge is 2.31. The van der Waals surface area contributed by atoms with E-state index in [2.05, 4.69) is 28.7 Å². The Kier molecular flexibility index (Phi) is 10.0. The average molecular weight is 539 g/mol. The van der Waals surface area contributed by atoms with E-state index in [-0.39, 0.29) is 17.7 Å². The van der Waals surface area contributed by atoms with Gasteiger partial charge in [0.25, 0.3) is 5.91 Å². The highest BCUT2D eigenvalue weighted by molar-refractivity contribution is 5.94. The zero-order valence-corrected chi connectivity index (χ0v) is 22.5. The van der Waals surface area contributed by atoms with Crippen molar-refractivity contribution in [2.24, 2.45) is 0 Å². The van der Waals surface area contributed by atoms with Crippen LogP contribution in [0.25, 0.3) is 0 Å². The van der Waals surface area contributed by atoms with Crippen LogP contribution in [0.2, 0.25) is 0 Å². The van der Waals surface area contributed by atoms with Crippen LogP contribution in [0.4, 0.5) is 13.2 Å². The Labute approximate surface area is 229 Å². The second kappa shape index (κ2) is 13.7. The van der Waals surface area contributed by atoms with Crippen molar-refractivity contribution in [1.82, 2.24) is 9.80 Å². The molecule has 7 heteroatoms. The van der Waals surface area contributed by atoms with Crippen LogP contribution in [0.1, 0.15) is 66.1 Å². The SMILES string of the molecule is CCCCCc1ccc(C(=O)N(Cc2ccc(OC(F)(F)F)cc2)C2CCN(Cc3ccccc3)CC2)cc1. The third-order valence-electron chi connectivity index (χ3n) is 7.29. The number of nitrogens with zero attached hydrogens (tertiary/aromatic N) is 2. The van der Waals surface area contributed by atoms with Gasteiger partial charge in [-0.05, 0) is 66.6 Å². The average Bonchev–Trinajstić information content (AvgIpc) is 2.93. The zero-order valence-electron chi connectivity index (χ0n) is 22.5. The predicted molar refractivity (Wildman–Crippen MR) is 147 cm³/mol. The second-order valence-electron chi connectivity index (χ2n) is 10.3. The molecule has 39 heavy (non-hydrogen) atoms. The number of benzene rings is 3. The largest absolute Gasteiger partial charge is 0.573 e. The van der Waals surface area contributed by atoms with Crippen LogP contribution < -0.4 is 4.74 Å². The molecule has 0 spiro atoms. The van der Waals surface area contributed by atoms with E-state index in [1.54, 1.807) is 12.1 Å². The third kappa shape index (κ3) is 8.85. The molecular weight excluding hydrogens is 501 g/mol. The lowest BCUT2D eigenvalue weighted by atomic mass is 9.99. The Bertz CT molecular complexity index is 1160. The fourth-order valence-electron chi connectivity index (χ4n) is 5.15. The number of carbonyl (C=O) groups excluding carboxylic acids is 1. The molecule has 3 aromatic rings. The minimum atomic E-state index is -4.74. The van der Waals surface area contributed by atoms with Gasteiger partial charge < -0.3 is 9.64 Å². The van der Waals surface area contributed by atoms with E-state index in [0.717, 1.165) is 50.9 Å². The fourth-order valence-corrected chi connectivity index (χ4v) is 5.15. The monoisotopic (exact) mass is 538 g/mol. The van der Waals surface area contributed by atoms with Gasteiger partial charge >= 0.3 is 6.36 Å². The fraction of sp³-hybridized carbons (Fsp3) is 0.406. The first-order valence-corrected chi connectivity index (χ1v) is 13.8. The lowest BCUT2D eigenvalue weighted by molar-refractivity contribution is -0.274. The molecule has 4 nitrogen and oxygen atoms in total. The Balaban J connectivity index is 1.46. The van der Waals surface area contributed by atoms with Crippen molar-refractivity contribution < 1.29 is 22.7 Å². The smallest absolute Gasteiger partial charge is 0.406 e. The first-order valence-electron chi connectivity index (χ1n) is 13.8. The summed E-state index contributed by atoms with van der Waals surface area (Å²) in [5.74, 6) is -0.316. The van der Waals surface area contributed by atoms with E-state index in [9.17, 15) is 18.0 Å². The van der Waals surface area contributed by atoms with Crippen LogP contribution in [0.5, 0.6) is 5.75 Å². The van der Waals surface area contributed by atoms with Gasteiger partial charge in [0.1, 0.15) is 5.75 Å². The molecule has 0 aromatic heterocycles. The lowest BCUT2D eigenvalue weighted by Gasteiger charge is -2.39. The highest BCUT2D eigenvalue weighted by atomic mass is 19.4. The molecule has 1 aliphatic heterocycles. The first kappa shape index (κ1) is 28.7. The van der Waals surface area contributed by atoms with Gasteiger partial charge in [-0.25, -0.2) is 0 Å². The molecule has 0 aliphatic carbocycles. The van der Waals surface area contributed by atoms with Crippen molar-refractivity contribution in [2.45, 2.75) is 70.9 Å². The Hall–Kier alpha value is -3.32. The summed E-state index contributed by atoms with van der Waals surface area (Å²) in [5, 5.41) is 0. The number of rotatable bonds is 11. The molecule has 0 atom stereocenters. The quantitative estimate of drug-likeness (QED) is 0.235. The van der Waals surface area contributed by atoms with Crippen molar-refractivity contribution in [1.29, 1.82) is 0 Å². The highest BCUT2D eigenvalue weighted by Crippen LogP contribution is 2.26. The number of amides is 1. The minimum Gasteiger partial charge on any atom is -0.406 e. The molecule has 0 unspecified atom stereocenters. The summed E-state index contributed by atoms with van der Waals surface area (Å²) in [4.78, 5) is 18.1. The molecule has 1 saturated heterocycles. The molecular formula is C32H37F3N2O2. The standard InChI is InChI=1S/C32H37F3N2O2/c1-2-3-5-8-25-11-15-28(16-12-25)31(38)37(24-27-13-17-30(18-14-27)39-32(33,34)35)29-19-21-36(22-20-29)23-26-9-6-4-7-10-26/h4,6-7,9-18,29H,2-3,5,8,19-24H2,1H3. The van der Waals surface area contributed by atoms with Gasteiger partial charge in [0.05, 0.1) is 0 Å². The van der Waals surface area contributed by atoms with Crippen LogP contribution in [-0.4, -0.2) is 41.2 Å². The van der Waals surface area contributed by atoms with Gasteiger partial charge in [-0.15, -0.1) is 13.2 Å². The maximum Gasteiger partial charge on any atom is 0.573 e. The third-order valence-corrected chi connectivity index (χ3v) is 7.29. The van der Waals surface area contributed by atoms with E-state index >= 15 is 0 Å². The number of carbonyl (C=O) groups is 1. The van der Waals surface area contributed by atoms with Gasteiger partial charge in [0.15, 0.2) is 0 Å². The van der Waals surface area contributed by atoms with Crippen LogP contribution >= 0.6 is 0 Å². The summed E-state index contributed by atoms with van der Waals surface area (Å²) in [6.07, 6.45) is 1.42. The molecule has 0 N–H and O–H groups in total. The van der Waals surface area contributed by atoms with E-state index < -0.39 is 6.36 Å². The number of likely N-dealkylation sites (tertiary alicyclic amines) is 1. The van der Waals surface area contributed by atoms with E-state index in [4.69, 9.17) is 0 Å². The summed E-state index contributed by atoms with van der Waals surface area (Å²) in [6, 6.07) is 24.1. The Morgan fingerprint density at radius 2 is 1.51 bits per heavy atom. The van der Waals surface area contributed by atoms with Gasteiger partial charge in [-0.1, -0.05) is 74.4 Å². The topological polar surface area (TPSA) is 32.8 Å². The van der Waals surface area contributed by atoms with Crippen LogP contribution in [0, 0.1) is 0 Å². The first-order chi connectivity index (χ1) is 18.8. The lowest BCUT2D eigenvalue weighted by Crippen LogP contribution is -2.46. The number of hydrogen-bond acceptors (Lipinski definition) is 3. The number of piperidine rings is 1. The van der Waals surface area contributed by atoms with Crippen LogP contribution in [-0.2, 0) is 19.5 Å². The van der Waals surface area contributed by atoms with Gasteiger partial charge in [0.2, 0.25) is 0 Å². The van der Waals surface area contributed by atoms with Crippen LogP contribution in [0.15, 0.2) is 78.9 Å². The Morgan fingerprint density at radius 1 is 0.872 bits per heavy atom. The van der Waals surface area contributed by atoms with E-state index in [1.165, 1.54) is 36.1 Å². The zero-order chi connectivity index (χ0) is 27.7. The Morgan fingerprint density at radius 3 is 2.13 bits per heavy atom. The minimum absolute atomic E-state index is 0.0415. The summed E-state index contributed by atoms with van der Waals surface area (Å²) in [5.41, 5.74) is 3.89. The summed E-state index contributed by atoms with van der Waals surface area (Å²) < 4.78 is 41.8. The molecule has 3 aromatic carbocycles. The normalized spacial score (nSPS) is 14.8. The maximum absolute atomic E-state index is 13.8. The number of hydrogen-bond donors (Lipinski definition) is 0. The molecule has 0 saturated carbocycles. The molecule has 0 radical (unpaired) electrons. The van der Waals surface area contributed by atoms with Gasteiger partial charge in [-0.3, -0.25) is 9.69 Å². The molecule has 1 fully saturated rings. The second-order valence-corrected chi connectivity index (χ2v) is 10.3. The molecule has 4 rings (SSSR count). The van der Waals surface area contributed by atoms with Crippen LogP contribution in [0.3, 0.4) is 0 Å². The van der Waals surface area contributed by atoms with Crippen molar-refractivity contribution >= 4 is 5.91 Å². The van der Waals surface area contributed by atoms with E-state index in [0.29, 0.717) is 12.1 Å². The van der Waals surface area contributed by atoms with Gasteiger partial charge in [-0.2, -0.15) is 0 Å². The molecule has 1 heterocycles. The molecule has 1 amide bonds. The summed E-state index contributed by atoms with van der Waals surface area (Å²) in [7, 11) is 0. The van der Waals surface area contributed by atoms with Crippen molar-refractivity contribution in [3.63, 3.8) is 0 Å². The molecule has 1 aliphatic rings. The summed E-state index contributed by atoms with van der Waals surface area (Å²) in [6.45, 7) is 5.13. The number of halogens is 3. The van der Waals surface area contributed by atoms with Gasteiger partial charge in [0, 0.05) is 37.8 Å². The maximum atomic E-state index is 13.8. The van der Waals surface area contributed by atoms with Crippen molar-refractivity contribution in [2.75, 3.05) is 13.1 Å². The summed E-state index contributed by atoms with van der Waals surface area (Å²) >= 11 is 0. The number of alkyl halides is 3.